The molecule has 1 amide bonds. The first-order valence-corrected chi connectivity index (χ1v) is 8.20. The summed E-state index contributed by atoms with van der Waals surface area (Å²) in [5.74, 6) is -2.25. The Bertz CT molecular complexity index is 1000. The van der Waals surface area contributed by atoms with Crippen LogP contribution < -0.4 is 4.90 Å². The molecule has 8 nitrogen and oxygen atoms in total. The SMILES string of the molecule is CCN(C(=O)COC(=O)c1ccc([N+](=O)[O-])o1)c1cccc2ccccc12. The number of hydrogen-bond acceptors (Lipinski definition) is 6. The summed E-state index contributed by atoms with van der Waals surface area (Å²) in [6, 6.07) is 15.4. The third kappa shape index (κ3) is 3.79. The molecule has 0 bridgehead atoms. The van der Waals surface area contributed by atoms with Crippen molar-refractivity contribution in [3.05, 3.63) is 70.5 Å². The molecule has 27 heavy (non-hydrogen) atoms. The molecule has 8 heteroatoms. The number of carbonyl (C=O) groups is 2. The largest absolute Gasteiger partial charge is 0.450 e. The van der Waals surface area contributed by atoms with Gasteiger partial charge in [-0.25, -0.2) is 4.79 Å². The smallest absolute Gasteiger partial charge is 0.433 e. The van der Waals surface area contributed by atoms with E-state index in [0.29, 0.717) is 12.2 Å². The first kappa shape index (κ1) is 18.1. The monoisotopic (exact) mass is 368 g/mol. The Morgan fingerprint density at radius 2 is 1.85 bits per heavy atom. The van der Waals surface area contributed by atoms with Crippen LogP contribution in [0.5, 0.6) is 0 Å². The molecule has 0 spiro atoms. The van der Waals surface area contributed by atoms with Crippen molar-refractivity contribution in [2.24, 2.45) is 0 Å². The molecular weight excluding hydrogens is 352 g/mol. The predicted octanol–water partition coefficient (Wildman–Crippen LogP) is 3.55. The van der Waals surface area contributed by atoms with Crippen LogP contribution >= 0.6 is 0 Å². The molecule has 0 unspecified atom stereocenters. The number of rotatable bonds is 6. The fourth-order valence-electron chi connectivity index (χ4n) is 2.74. The van der Waals surface area contributed by atoms with Crippen LogP contribution in [-0.4, -0.2) is 30.0 Å². The number of ether oxygens (including phenoxy) is 1. The molecular formula is C19H16N2O6. The highest BCUT2D eigenvalue weighted by Crippen LogP contribution is 2.26. The highest BCUT2D eigenvalue weighted by atomic mass is 16.7. The van der Waals surface area contributed by atoms with Crippen molar-refractivity contribution in [2.75, 3.05) is 18.1 Å². The van der Waals surface area contributed by atoms with Gasteiger partial charge in [0.25, 0.3) is 5.91 Å². The molecule has 0 aliphatic rings. The Labute approximate surface area is 154 Å². The number of esters is 1. The summed E-state index contributed by atoms with van der Waals surface area (Å²) < 4.78 is 9.72. The Balaban J connectivity index is 1.73. The molecule has 0 radical (unpaired) electrons. The maximum Gasteiger partial charge on any atom is 0.433 e. The van der Waals surface area contributed by atoms with E-state index in [4.69, 9.17) is 9.15 Å². The second-order valence-corrected chi connectivity index (χ2v) is 5.61. The topological polar surface area (TPSA) is 103 Å². The van der Waals surface area contributed by atoms with E-state index in [1.807, 2.05) is 49.4 Å². The molecule has 0 N–H and O–H groups in total. The first-order chi connectivity index (χ1) is 13.0. The van der Waals surface area contributed by atoms with Crippen molar-refractivity contribution < 1.29 is 23.7 Å². The highest BCUT2D eigenvalue weighted by molar-refractivity contribution is 6.04. The summed E-state index contributed by atoms with van der Waals surface area (Å²) in [6.45, 7) is 1.69. The van der Waals surface area contributed by atoms with E-state index in [-0.39, 0.29) is 5.76 Å². The zero-order valence-electron chi connectivity index (χ0n) is 14.5. The molecule has 0 aliphatic carbocycles. The number of benzene rings is 2. The number of amides is 1. The van der Waals surface area contributed by atoms with E-state index in [9.17, 15) is 19.7 Å². The quantitative estimate of drug-likeness (QED) is 0.374. The number of fused-ring (bicyclic) bond motifs is 1. The lowest BCUT2D eigenvalue weighted by atomic mass is 10.1. The van der Waals surface area contributed by atoms with Crippen LogP contribution in [0.4, 0.5) is 11.6 Å². The number of nitrogens with zero attached hydrogens (tertiary/aromatic N) is 2. The Kier molecular flexibility index (Phi) is 5.16. The van der Waals surface area contributed by atoms with E-state index >= 15 is 0 Å². The number of furan rings is 1. The Morgan fingerprint density at radius 3 is 2.56 bits per heavy atom. The van der Waals surface area contributed by atoms with Gasteiger partial charge in [-0.15, -0.1) is 0 Å². The number of hydrogen-bond donors (Lipinski definition) is 0. The summed E-state index contributed by atoms with van der Waals surface area (Å²) >= 11 is 0. The summed E-state index contributed by atoms with van der Waals surface area (Å²) in [5, 5.41) is 12.5. The van der Waals surface area contributed by atoms with Gasteiger partial charge >= 0.3 is 11.9 Å². The van der Waals surface area contributed by atoms with Crippen LogP contribution in [0.15, 0.2) is 59.0 Å². The van der Waals surface area contributed by atoms with Crippen LogP contribution in [0.1, 0.15) is 17.5 Å². The fraction of sp³-hybridized carbons (Fsp3) is 0.158. The minimum Gasteiger partial charge on any atom is -0.450 e. The lowest BCUT2D eigenvalue weighted by Gasteiger charge is -2.22. The lowest BCUT2D eigenvalue weighted by molar-refractivity contribution is -0.402. The van der Waals surface area contributed by atoms with Crippen LogP contribution in [0, 0.1) is 10.1 Å². The van der Waals surface area contributed by atoms with Crippen molar-refractivity contribution >= 4 is 34.2 Å². The lowest BCUT2D eigenvalue weighted by Crippen LogP contribution is -2.34. The number of carbonyl (C=O) groups excluding carboxylic acids is 2. The summed E-state index contributed by atoms with van der Waals surface area (Å²) in [4.78, 5) is 35.9. The third-order valence-corrected chi connectivity index (χ3v) is 3.97. The first-order valence-electron chi connectivity index (χ1n) is 8.20. The molecule has 3 rings (SSSR count). The van der Waals surface area contributed by atoms with Crippen molar-refractivity contribution in [2.45, 2.75) is 6.92 Å². The minimum atomic E-state index is -0.939. The molecule has 0 atom stereocenters. The van der Waals surface area contributed by atoms with Crippen LogP contribution in [-0.2, 0) is 9.53 Å². The standard InChI is InChI=1S/C19H16N2O6/c1-2-20(15-9-5-7-13-6-3-4-8-14(13)15)17(22)12-26-19(23)16-10-11-18(27-16)21(24)25/h3-11H,2,12H2,1H3. The normalized spacial score (nSPS) is 10.6. The van der Waals surface area contributed by atoms with E-state index in [1.165, 1.54) is 4.90 Å². The van der Waals surface area contributed by atoms with E-state index in [2.05, 4.69) is 0 Å². The molecule has 1 aromatic heterocycles. The van der Waals surface area contributed by atoms with Crippen molar-refractivity contribution in [1.82, 2.24) is 0 Å². The van der Waals surface area contributed by atoms with Crippen LogP contribution in [0.25, 0.3) is 10.8 Å². The van der Waals surface area contributed by atoms with Crippen molar-refractivity contribution in [3.8, 4) is 0 Å². The summed E-state index contributed by atoms with van der Waals surface area (Å²) in [5.41, 5.74) is 0.713. The predicted molar refractivity (Wildman–Crippen MR) is 97.6 cm³/mol. The number of nitro groups is 1. The molecule has 1 heterocycles. The van der Waals surface area contributed by atoms with E-state index in [0.717, 1.165) is 22.9 Å². The molecule has 0 saturated carbocycles. The number of anilines is 1. The van der Waals surface area contributed by atoms with Gasteiger partial charge in [0.15, 0.2) is 6.61 Å². The summed E-state index contributed by atoms with van der Waals surface area (Å²) in [6.07, 6.45) is 0. The maximum absolute atomic E-state index is 12.6. The third-order valence-electron chi connectivity index (χ3n) is 3.97. The number of likely N-dealkylation sites (N-methyl/N-ethyl adjacent to an activating group) is 1. The molecule has 0 fully saturated rings. The van der Waals surface area contributed by atoms with Crippen LogP contribution in [0.3, 0.4) is 0 Å². The molecule has 0 aliphatic heterocycles. The minimum absolute atomic E-state index is 0.331. The molecule has 138 valence electrons. The molecule has 0 saturated heterocycles. The van der Waals surface area contributed by atoms with Gasteiger partial charge in [0.2, 0.25) is 5.76 Å². The maximum atomic E-state index is 12.6. The molecule has 3 aromatic rings. The fourth-order valence-corrected chi connectivity index (χ4v) is 2.74. The van der Waals surface area contributed by atoms with Gasteiger partial charge in [0.05, 0.1) is 11.8 Å². The van der Waals surface area contributed by atoms with Gasteiger partial charge in [-0.3, -0.25) is 14.9 Å². The molecule has 2 aromatic carbocycles. The van der Waals surface area contributed by atoms with Crippen molar-refractivity contribution in [3.63, 3.8) is 0 Å². The zero-order valence-corrected chi connectivity index (χ0v) is 14.5. The summed E-state index contributed by atoms with van der Waals surface area (Å²) in [7, 11) is 0. The van der Waals surface area contributed by atoms with Gasteiger partial charge < -0.3 is 14.1 Å². The van der Waals surface area contributed by atoms with Crippen LogP contribution in [0.2, 0.25) is 0 Å². The van der Waals surface area contributed by atoms with Gasteiger partial charge in [-0.2, -0.15) is 0 Å². The average Bonchev–Trinajstić information content (AvgIpc) is 3.17. The van der Waals surface area contributed by atoms with Gasteiger partial charge in [0, 0.05) is 11.9 Å². The second-order valence-electron chi connectivity index (χ2n) is 5.61. The van der Waals surface area contributed by atoms with Gasteiger partial charge in [-0.1, -0.05) is 36.4 Å². The van der Waals surface area contributed by atoms with Gasteiger partial charge in [-0.05, 0) is 24.4 Å². The Morgan fingerprint density at radius 1 is 1.11 bits per heavy atom. The van der Waals surface area contributed by atoms with E-state index < -0.39 is 29.3 Å². The van der Waals surface area contributed by atoms with E-state index in [1.54, 1.807) is 0 Å². The second kappa shape index (κ2) is 7.69. The highest BCUT2D eigenvalue weighted by Gasteiger charge is 2.22. The zero-order chi connectivity index (χ0) is 19.4. The Hall–Kier alpha value is -3.68. The average molecular weight is 368 g/mol. The van der Waals surface area contributed by atoms with Gasteiger partial charge in [0.1, 0.15) is 4.92 Å². The van der Waals surface area contributed by atoms with Crippen molar-refractivity contribution in [1.29, 1.82) is 0 Å².